The smallest absolute Gasteiger partial charge is 0.385 e. The van der Waals surface area contributed by atoms with Crippen molar-refractivity contribution < 1.29 is 17.9 Å². The summed E-state index contributed by atoms with van der Waals surface area (Å²) in [6, 6.07) is 0. The van der Waals surface area contributed by atoms with E-state index < -0.39 is 18.0 Å². The molecule has 0 bridgehead atoms. The highest BCUT2D eigenvalue weighted by atomic mass is 19.4. The second kappa shape index (κ2) is 7.07. The Kier molecular flexibility index (Phi) is 6.51. The minimum Gasteiger partial charge on any atom is -0.385 e. The van der Waals surface area contributed by atoms with Crippen molar-refractivity contribution in [3.63, 3.8) is 0 Å². The Morgan fingerprint density at radius 2 is 2.12 bits per heavy atom. The Balaban J connectivity index is 4.24. The summed E-state index contributed by atoms with van der Waals surface area (Å²) in [7, 11) is 2.48. The molecule has 0 atom stereocenters. The van der Waals surface area contributed by atoms with Crippen LogP contribution in [0.2, 0.25) is 0 Å². The number of hydrazine groups is 1. The van der Waals surface area contributed by atoms with E-state index in [1.54, 1.807) is 5.32 Å². The first kappa shape index (κ1) is 15.7. The van der Waals surface area contributed by atoms with E-state index in [0.717, 1.165) is 12.1 Å². The number of nitrogens with one attached hydrogen (secondary N) is 2. The normalized spacial score (nSPS) is 12.5. The zero-order valence-corrected chi connectivity index (χ0v) is 9.64. The molecule has 0 unspecified atom stereocenters. The van der Waals surface area contributed by atoms with Crippen LogP contribution in [0.5, 0.6) is 0 Å². The Hall–Kier alpha value is -1.35. The number of methoxy groups -OCH3 is 1. The number of halogens is 3. The van der Waals surface area contributed by atoms with Crippen LogP contribution in [0.3, 0.4) is 0 Å². The predicted molar refractivity (Wildman–Crippen MR) is 57.7 cm³/mol. The molecular weight excluding hydrogens is 239 g/mol. The minimum absolute atomic E-state index is 0.203. The summed E-state index contributed by atoms with van der Waals surface area (Å²) < 4.78 is 41.6. The quantitative estimate of drug-likeness (QED) is 0.222. The van der Waals surface area contributed by atoms with Crippen LogP contribution >= 0.6 is 0 Å². The van der Waals surface area contributed by atoms with Crippen LogP contribution in [0.15, 0.2) is 4.99 Å². The van der Waals surface area contributed by atoms with Crippen LogP contribution in [-0.2, 0) is 4.74 Å². The number of amidine groups is 1. The highest BCUT2D eigenvalue weighted by molar-refractivity contribution is 6.01. The van der Waals surface area contributed by atoms with Gasteiger partial charge in [-0.25, -0.2) is 5.84 Å². The number of rotatable bonds is 4. The molecule has 0 aliphatic rings. The van der Waals surface area contributed by atoms with E-state index in [9.17, 15) is 13.2 Å². The standard InChI is InChI=1S/C8H16F3N5O/c1-14-6(8(9,10)11)15-7(12)16(13)4-3-5-17-2/h3-5,13H2,1-2H3,(H2,12,14,15). The maximum Gasteiger partial charge on any atom is 0.449 e. The molecule has 0 saturated carbocycles. The van der Waals surface area contributed by atoms with Crippen molar-refractivity contribution in [1.82, 2.24) is 10.3 Å². The van der Waals surface area contributed by atoms with Gasteiger partial charge in [0, 0.05) is 27.3 Å². The summed E-state index contributed by atoms with van der Waals surface area (Å²) in [6.07, 6.45) is -4.13. The first-order valence-corrected chi connectivity index (χ1v) is 4.73. The topological polar surface area (TPSA) is 86.7 Å². The zero-order valence-electron chi connectivity index (χ0n) is 9.64. The van der Waals surface area contributed by atoms with Crippen molar-refractivity contribution in [1.29, 1.82) is 5.41 Å². The third-order valence-electron chi connectivity index (χ3n) is 1.76. The Bertz CT molecular complexity index is 279. The zero-order chi connectivity index (χ0) is 13.5. The molecule has 0 saturated heterocycles. The Morgan fingerprint density at radius 3 is 2.53 bits per heavy atom. The molecule has 0 amide bonds. The number of alkyl halides is 3. The van der Waals surface area contributed by atoms with E-state index in [-0.39, 0.29) is 6.54 Å². The number of nitrogens with two attached hydrogens (primary N) is 1. The van der Waals surface area contributed by atoms with Gasteiger partial charge in [-0.15, -0.1) is 0 Å². The molecule has 4 N–H and O–H groups in total. The van der Waals surface area contributed by atoms with Crippen LogP contribution in [0.1, 0.15) is 6.42 Å². The summed E-state index contributed by atoms with van der Waals surface area (Å²) in [5.41, 5.74) is 0. The summed E-state index contributed by atoms with van der Waals surface area (Å²) in [5, 5.41) is 9.97. The van der Waals surface area contributed by atoms with E-state index >= 15 is 0 Å². The van der Waals surface area contributed by atoms with Gasteiger partial charge in [0.1, 0.15) is 0 Å². The second-order valence-electron chi connectivity index (χ2n) is 3.08. The number of hydrogen-bond donors (Lipinski definition) is 3. The number of aliphatic imine (C=N–C) groups is 1. The SMILES string of the molecule is CN=C(NC(=N)N(N)CCCOC)C(F)(F)F. The monoisotopic (exact) mass is 255 g/mol. The van der Waals surface area contributed by atoms with Crippen molar-refractivity contribution in [2.45, 2.75) is 12.6 Å². The molecule has 100 valence electrons. The molecule has 0 fully saturated rings. The summed E-state index contributed by atoms with van der Waals surface area (Å²) in [4.78, 5) is 3.01. The Labute approximate surface area is 97.1 Å². The molecule has 0 rings (SSSR count). The van der Waals surface area contributed by atoms with Gasteiger partial charge in [0.25, 0.3) is 0 Å². The largest absolute Gasteiger partial charge is 0.449 e. The first-order valence-electron chi connectivity index (χ1n) is 4.73. The van der Waals surface area contributed by atoms with Gasteiger partial charge in [0.2, 0.25) is 11.8 Å². The van der Waals surface area contributed by atoms with E-state index in [1.807, 2.05) is 0 Å². The first-order chi connectivity index (χ1) is 7.82. The molecule has 0 radical (unpaired) electrons. The summed E-state index contributed by atoms with van der Waals surface area (Å²) in [5.74, 6) is 3.54. The summed E-state index contributed by atoms with van der Waals surface area (Å²) in [6.45, 7) is 0.615. The second-order valence-corrected chi connectivity index (χ2v) is 3.08. The van der Waals surface area contributed by atoms with Crippen LogP contribution in [-0.4, -0.2) is 50.3 Å². The lowest BCUT2D eigenvalue weighted by Gasteiger charge is -2.21. The summed E-state index contributed by atoms with van der Waals surface area (Å²) >= 11 is 0. The van der Waals surface area contributed by atoms with Gasteiger partial charge in [0.05, 0.1) is 0 Å². The molecule has 0 aromatic heterocycles. The predicted octanol–water partition coefficient (Wildman–Crippen LogP) is 0.314. The van der Waals surface area contributed by atoms with Gasteiger partial charge in [-0.2, -0.15) is 13.2 Å². The van der Waals surface area contributed by atoms with Gasteiger partial charge >= 0.3 is 6.18 Å². The minimum atomic E-state index is -4.63. The van der Waals surface area contributed by atoms with E-state index in [1.165, 1.54) is 7.11 Å². The van der Waals surface area contributed by atoms with Gasteiger partial charge in [-0.05, 0) is 6.42 Å². The number of hydrogen-bond acceptors (Lipinski definition) is 4. The van der Waals surface area contributed by atoms with Crippen molar-refractivity contribution in [2.75, 3.05) is 27.3 Å². The third-order valence-corrected chi connectivity index (χ3v) is 1.76. The van der Waals surface area contributed by atoms with Crippen LogP contribution in [0.25, 0.3) is 0 Å². The van der Waals surface area contributed by atoms with Gasteiger partial charge in [-0.1, -0.05) is 0 Å². The fraction of sp³-hybridized carbons (Fsp3) is 0.750. The third kappa shape index (κ3) is 6.07. The lowest BCUT2D eigenvalue weighted by Crippen LogP contribution is -2.51. The molecule has 0 aromatic carbocycles. The number of ether oxygens (including phenoxy) is 1. The van der Waals surface area contributed by atoms with E-state index in [2.05, 4.69) is 4.99 Å². The lowest BCUT2D eigenvalue weighted by molar-refractivity contribution is -0.0611. The number of guanidine groups is 1. The van der Waals surface area contributed by atoms with Gasteiger partial charge < -0.3 is 10.1 Å². The van der Waals surface area contributed by atoms with Crippen molar-refractivity contribution >= 4 is 11.8 Å². The van der Waals surface area contributed by atoms with E-state index in [4.69, 9.17) is 16.0 Å². The average Bonchev–Trinajstić information content (AvgIpc) is 2.23. The maximum atomic E-state index is 12.3. The molecule has 9 heteroatoms. The lowest BCUT2D eigenvalue weighted by atomic mass is 10.4. The van der Waals surface area contributed by atoms with Crippen LogP contribution in [0.4, 0.5) is 13.2 Å². The molecule has 0 spiro atoms. The highest BCUT2D eigenvalue weighted by Gasteiger charge is 2.36. The molecule has 6 nitrogen and oxygen atoms in total. The fourth-order valence-electron chi connectivity index (χ4n) is 0.929. The van der Waals surface area contributed by atoms with Crippen molar-refractivity contribution in [3.8, 4) is 0 Å². The molecule has 0 aliphatic carbocycles. The van der Waals surface area contributed by atoms with Crippen molar-refractivity contribution in [3.05, 3.63) is 0 Å². The average molecular weight is 255 g/mol. The van der Waals surface area contributed by atoms with Crippen LogP contribution in [0, 0.1) is 5.41 Å². The molecule has 0 aliphatic heterocycles. The molecule has 0 heterocycles. The molecule has 0 aromatic rings. The van der Waals surface area contributed by atoms with Crippen molar-refractivity contribution in [2.24, 2.45) is 10.8 Å². The maximum absolute atomic E-state index is 12.3. The number of nitrogens with zero attached hydrogens (tertiary/aromatic N) is 2. The Morgan fingerprint density at radius 1 is 1.53 bits per heavy atom. The molecular formula is C8H16F3N5O. The molecule has 17 heavy (non-hydrogen) atoms. The fourth-order valence-corrected chi connectivity index (χ4v) is 0.929. The van der Waals surface area contributed by atoms with Gasteiger partial charge in [-0.3, -0.25) is 15.4 Å². The van der Waals surface area contributed by atoms with Crippen LogP contribution < -0.4 is 11.2 Å². The van der Waals surface area contributed by atoms with E-state index in [0.29, 0.717) is 13.0 Å². The van der Waals surface area contributed by atoms with Gasteiger partial charge in [0.15, 0.2) is 0 Å². The highest BCUT2D eigenvalue weighted by Crippen LogP contribution is 2.15.